The van der Waals surface area contributed by atoms with Crippen molar-refractivity contribution in [3.05, 3.63) is 34.6 Å². The highest BCUT2D eigenvalue weighted by molar-refractivity contribution is 6.30. The molecule has 1 amide bonds. The average molecular weight is 299 g/mol. The Morgan fingerprint density at radius 1 is 1.45 bits per heavy atom. The lowest BCUT2D eigenvalue weighted by Crippen LogP contribution is -2.46. The Bertz CT molecular complexity index is 507. The Kier molecular flexibility index (Phi) is 4.66. The van der Waals surface area contributed by atoms with Crippen molar-refractivity contribution >= 4 is 17.5 Å². The molecule has 0 radical (unpaired) electrons. The summed E-state index contributed by atoms with van der Waals surface area (Å²) in [6.07, 6.45) is 1.92. The van der Waals surface area contributed by atoms with E-state index in [1.54, 1.807) is 17.0 Å². The Balaban J connectivity index is 2.48. The van der Waals surface area contributed by atoms with Gasteiger partial charge in [-0.15, -0.1) is 0 Å². The number of hydrogen-bond acceptors (Lipinski definition) is 2. The van der Waals surface area contributed by atoms with Crippen LogP contribution in [-0.4, -0.2) is 22.9 Å². The van der Waals surface area contributed by atoms with E-state index in [4.69, 9.17) is 17.3 Å². The number of rotatable bonds is 2. The molecule has 0 aliphatic carbocycles. The molecule has 1 aliphatic rings. The van der Waals surface area contributed by atoms with E-state index in [0.29, 0.717) is 23.4 Å². The zero-order chi connectivity index (χ0) is 14.9. The molecule has 5 heteroatoms. The number of amides is 1. The minimum absolute atomic E-state index is 0.0215. The molecule has 1 heterocycles. The fourth-order valence-electron chi connectivity index (χ4n) is 2.87. The standard InChI is InChI=1S/C15H20ClFN2O/c1-9(2)19-14(20)5-3-4-13(18)15(19)11-7-6-10(16)8-12(11)17/h6-9,13,15H,3-5,18H2,1-2H3. The predicted molar refractivity (Wildman–Crippen MR) is 78.0 cm³/mol. The number of nitrogens with zero attached hydrogens (tertiary/aromatic N) is 1. The summed E-state index contributed by atoms with van der Waals surface area (Å²) in [6.45, 7) is 3.85. The lowest BCUT2D eigenvalue weighted by Gasteiger charge is -2.37. The lowest BCUT2D eigenvalue weighted by atomic mass is 9.95. The molecule has 0 bridgehead atoms. The van der Waals surface area contributed by atoms with Gasteiger partial charge in [-0.25, -0.2) is 4.39 Å². The first kappa shape index (κ1) is 15.3. The van der Waals surface area contributed by atoms with E-state index in [-0.39, 0.29) is 18.0 Å². The molecule has 1 aromatic rings. The molecule has 2 atom stereocenters. The third kappa shape index (κ3) is 2.96. The second-order valence-corrected chi connectivity index (χ2v) is 6.00. The van der Waals surface area contributed by atoms with Gasteiger partial charge >= 0.3 is 0 Å². The van der Waals surface area contributed by atoms with Crippen LogP contribution in [0.2, 0.25) is 5.02 Å². The normalized spacial score (nSPS) is 24.1. The van der Waals surface area contributed by atoms with E-state index < -0.39 is 11.9 Å². The van der Waals surface area contributed by atoms with Gasteiger partial charge in [-0.2, -0.15) is 0 Å². The molecule has 1 aromatic carbocycles. The molecular formula is C15H20ClFN2O. The number of benzene rings is 1. The number of likely N-dealkylation sites (tertiary alicyclic amines) is 1. The smallest absolute Gasteiger partial charge is 0.223 e. The fourth-order valence-corrected chi connectivity index (χ4v) is 3.03. The number of hydrogen-bond donors (Lipinski definition) is 1. The Morgan fingerprint density at radius 2 is 2.15 bits per heavy atom. The Labute approximate surface area is 123 Å². The second kappa shape index (κ2) is 6.10. The van der Waals surface area contributed by atoms with Crippen LogP contribution in [-0.2, 0) is 4.79 Å². The van der Waals surface area contributed by atoms with Crippen LogP contribution in [0, 0.1) is 5.82 Å². The Hall–Kier alpha value is -1.13. The summed E-state index contributed by atoms with van der Waals surface area (Å²) < 4.78 is 14.2. The predicted octanol–water partition coefficient (Wildman–Crippen LogP) is 3.27. The molecule has 2 unspecified atom stereocenters. The van der Waals surface area contributed by atoms with Gasteiger partial charge in [-0.3, -0.25) is 4.79 Å². The molecule has 1 fully saturated rings. The Morgan fingerprint density at radius 3 is 2.75 bits per heavy atom. The first-order chi connectivity index (χ1) is 9.41. The SMILES string of the molecule is CC(C)N1C(=O)CCCC(N)C1c1ccc(Cl)cc1F. The third-order valence-electron chi connectivity index (χ3n) is 3.76. The molecule has 0 spiro atoms. The topological polar surface area (TPSA) is 46.3 Å². The molecule has 2 N–H and O–H groups in total. The van der Waals surface area contributed by atoms with Gasteiger partial charge in [0.25, 0.3) is 0 Å². The van der Waals surface area contributed by atoms with Crippen molar-refractivity contribution in [2.75, 3.05) is 0 Å². The van der Waals surface area contributed by atoms with Crippen molar-refractivity contribution in [3.63, 3.8) is 0 Å². The van der Waals surface area contributed by atoms with Gasteiger partial charge < -0.3 is 10.6 Å². The highest BCUT2D eigenvalue weighted by Crippen LogP contribution is 2.33. The molecule has 2 rings (SSSR count). The van der Waals surface area contributed by atoms with Gasteiger partial charge in [0.05, 0.1) is 6.04 Å². The summed E-state index contributed by atoms with van der Waals surface area (Å²) in [5, 5.41) is 0.343. The molecule has 3 nitrogen and oxygen atoms in total. The van der Waals surface area contributed by atoms with Crippen molar-refractivity contribution in [1.29, 1.82) is 0 Å². The number of nitrogens with two attached hydrogens (primary N) is 1. The van der Waals surface area contributed by atoms with Gasteiger partial charge in [0.2, 0.25) is 5.91 Å². The van der Waals surface area contributed by atoms with Gasteiger partial charge in [-0.1, -0.05) is 17.7 Å². The maximum atomic E-state index is 14.2. The zero-order valence-corrected chi connectivity index (χ0v) is 12.5. The van der Waals surface area contributed by atoms with Crippen molar-refractivity contribution in [2.24, 2.45) is 5.73 Å². The van der Waals surface area contributed by atoms with E-state index in [1.165, 1.54) is 6.07 Å². The van der Waals surface area contributed by atoms with Crippen LogP contribution < -0.4 is 5.73 Å². The van der Waals surface area contributed by atoms with Crippen molar-refractivity contribution in [3.8, 4) is 0 Å². The van der Waals surface area contributed by atoms with E-state index in [2.05, 4.69) is 0 Å². The first-order valence-corrected chi connectivity index (χ1v) is 7.31. The minimum Gasteiger partial charge on any atom is -0.332 e. The van der Waals surface area contributed by atoms with Crippen LogP contribution in [0.3, 0.4) is 0 Å². The summed E-state index contributed by atoms with van der Waals surface area (Å²) in [5.74, 6) is -0.370. The summed E-state index contributed by atoms with van der Waals surface area (Å²) in [6, 6.07) is 3.84. The maximum absolute atomic E-state index is 14.2. The summed E-state index contributed by atoms with van der Waals surface area (Å²) in [4.78, 5) is 14.0. The van der Waals surface area contributed by atoms with Gasteiger partial charge in [0.15, 0.2) is 0 Å². The molecule has 110 valence electrons. The van der Waals surface area contributed by atoms with E-state index in [9.17, 15) is 9.18 Å². The summed E-state index contributed by atoms with van der Waals surface area (Å²) in [7, 11) is 0. The second-order valence-electron chi connectivity index (χ2n) is 5.56. The molecule has 20 heavy (non-hydrogen) atoms. The van der Waals surface area contributed by atoms with Crippen LogP contribution in [0.5, 0.6) is 0 Å². The first-order valence-electron chi connectivity index (χ1n) is 6.93. The zero-order valence-electron chi connectivity index (χ0n) is 11.8. The molecule has 0 aromatic heterocycles. The van der Waals surface area contributed by atoms with E-state index >= 15 is 0 Å². The monoisotopic (exact) mass is 298 g/mol. The number of carbonyl (C=O) groups excluding carboxylic acids is 1. The van der Waals surface area contributed by atoms with Crippen LogP contribution in [0.15, 0.2) is 18.2 Å². The van der Waals surface area contributed by atoms with E-state index in [1.807, 2.05) is 13.8 Å². The van der Waals surface area contributed by atoms with Crippen LogP contribution in [0.4, 0.5) is 4.39 Å². The van der Waals surface area contributed by atoms with Crippen molar-refractivity contribution < 1.29 is 9.18 Å². The summed E-state index contributed by atoms with van der Waals surface area (Å²) in [5.41, 5.74) is 6.66. The molecule has 0 saturated carbocycles. The van der Waals surface area contributed by atoms with Crippen LogP contribution in [0.1, 0.15) is 44.7 Å². The highest BCUT2D eigenvalue weighted by atomic mass is 35.5. The number of halogens is 2. The maximum Gasteiger partial charge on any atom is 0.223 e. The molecule has 1 aliphatic heterocycles. The van der Waals surface area contributed by atoms with Gasteiger partial charge in [-0.05, 0) is 38.8 Å². The fraction of sp³-hybridized carbons (Fsp3) is 0.533. The third-order valence-corrected chi connectivity index (χ3v) is 3.99. The van der Waals surface area contributed by atoms with Gasteiger partial charge in [0, 0.05) is 29.1 Å². The van der Waals surface area contributed by atoms with Gasteiger partial charge in [0.1, 0.15) is 5.82 Å². The minimum atomic E-state index is -0.428. The summed E-state index contributed by atoms with van der Waals surface area (Å²) >= 11 is 5.80. The van der Waals surface area contributed by atoms with Crippen molar-refractivity contribution in [1.82, 2.24) is 4.90 Å². The van der Waals surface area contributed by atoms with Crippen LogP contribution >= 0.6 is 11.6 Å². The van der Waals surface area contributed by atoms with Crippen molar-refractivity contribution in [2.45, 2.75) is 51.2 Å². The quantitative estimate of drug-likeness (QED) is 0.911. The molecule has 1 saturated heterocycles. The lowest BCUT2D eigenvalue weighted by molar-refractivity contribution is -0.135. The highest BCUT2D eigenvalue weighted by Gasteiger charge is 2.35. The van der Waals surface area contributed by atoms with Crippen LogP contribution in [0.25, 0.3) is 0 Å². The average Bonchev–Trinajstić information content (AvgIpc) is 2.49. The molecular weight excluding hydrogens is 279 g/mol. The van der Waals surface area contributed by atoms with E-state index in [0.717, 1.165) is 6.42 Å². The number of carbonyl (C=O) groups is 1. The largest absolute Gasteiger partial charge is 0.332 e.